The van der Waals surface area contributed by atoms with Crippen molar-refractivity contribution < 1.29 is 19.0 Å². The Kier molecular flexibility index (Phi) is 6.23. The summed E-state index contributed by atoms with van der Waals surface area (Å²) in [5.74, 6) is 0.651. The number of carbonyl (C=O) groups excluding carboxylic acids is 1. The van der Waals surface area contributed by atoms with Crippen molar-refractivity contribution in [3.05, 3.63) is 23.9 Å². The standard InChI is InChI=1S/C18H27N3O4/c1-23-9-7-19-17(22)14-10-16-15(5-8-25-16)21(12-14)11-13-4-3-6-20-18(13)24-2/h3-4,6,14-16H,5,7-12H2,1-2H3,(H,19,22)/t14-,15-,16-/m1/s1. The normalized spacial score (nSPS) is 26.2. The molecule has 3 heterocycles. The van der Waals surface area contributed by atoms with Gasteiger partial charge in [0.15, 0.2) is 0 Å². The van der Waals surface area contributed by atoms with Gasteiger partial charge in [-0.2, -0.15) is 0 Å². The van der Waals surface area contributed by atoms with Crippen molar-refractivity contribution in [1.29, 1.82) is 0 Å². The molecule has 138 valence electrons. The summed E-state index contributed by atoms with van der Waals surface area (Å²) >= 11 is 0. The van der Waals surface area contributed by atoms with Crippen LogP contribution in [0.2, 0.25) is 0 Å². The predicted octanol–water partition coefficient (Wildman–Crippen LogP) is 0.832. The molecule has 1 N–H and O–H groups in total. The lowest BCUT2D eigenvalue weighted by Gasteiger charge is -2.40. The fourth-order valence-corrected chi connectivity index (χ4v) is 3.79. The predicted molar refractivity (Wildman–Crippen MR) is 92.3 cm³/mol. The Balaban J connectivity index is 1.69. The van der Waals surface area contributed by atoms with Gasteiger partial charge in [0.1, 0.15) is 0 Å². The number of nitrogens with zero attached hydrogens (tertiary/aromatic N) is 2. The third kappa shape index (κ3) is 4.29. The molecule has 0 radical (unpaired) electrons. The molecule has 1 amide bonds. The number of fused-ring (bicyclic) bond motifs is 1. The second-order valence-electron chi connectivity index (χ2n) is 6.58. The molecule has 1 aromatic rings. The van der Waals surface area contributed by atoms with E-state index >= 15 is 0 Å². The van der Waals surface area contributed by atoms with E-state index in [1.165, 1.54) is 0 Å². The summed E-state index contributed by atoms with van der Waals surface area (Å²) in [7, 11) is 3.27. The smallest absolute Gasteiger partial charge is 0.224 e. The van der Waals surface area contributed by atoms with Gasteiger partial charge in [-0.15, -0.1) is 0 Å². The Morgan fingerprint density at radius 1 is 1.48 bits per heavy atom. The van der Waals surface area contributed by atoms with Crippen LogP contribution < -0.4 is 10.1 Å². The summed E-state index contributed by atoms with van der Waals surface area (Å²) in [5.41, 5.74) is 1.04. The number of likely N-dealkylation sites (tertiary alicyclic amines) is 1. The second-order valence-corrected chi connectivity index (χ2v) is 6.58. The molecular formula is C18H27N3O4. The lowest BCUT2D eigenvalue weighted by Crippen LogP contribution is -2.52. The minimum Gasteiger partial charge on any atom is -0.481 e. The maximum Gasteiger partial charge on any atom is 0.224 e. The molecule has 0 saturated carbocycles. The first kappa shape index (κ1) is 18.1. The van der Waals surface area contributed by atoms with Gasteiger partial charge in [-0.1, -0.05) is 6.07 Å². The average molecular weight is 349 g/mol. The molecule has 0 aliphatic carbocycles. The number of hydrogen-bond donors (Lipinski definition) is 1. The summed E-state index contributed by atoms with van der Waals surface area (Å²) in [4.78, 5) is 19.1. The fraction of sp³-hybridized carbons (Fsp3) is 0.667. The first-order valence-corrected chi connectivity index (χ1v) is 8.83. The van der Waals surface area contributed by atoms with Crippen LogP contribution in [0.5, 0.6) is 5.88 Å². The SMILES string of the molecule is COCCNC(=O)[C@@H]1C[C@H]2OCC[C@H]2N(Cc2cccnc2OC)C1. The molecule has 7 nitrogen and oxygen atoms in total. The maximum absolute atomic E-state index is 12.5. The molecule has 2 saturated heterocycles. The van der Waals surface area contributed by atoms with Crippen molar-refractivity contribution in [2.75, 3.05) is 40.5 Å². The molecule has 25 heavy (non-hydrogen) atoms. The summed E-state index contributed by atoms with van der Waals surface area (Å²) in [6, 6.07) is 4.30. The summed E-state index contributed by atoms with van der Waals surface area (Å²) in [6.07, 6.45) is 3.64. The van der Waals surface area contributed by atoms with E-state index in [1.807, 2.05) is 12.1 Å². The largest absolute Gasteiger partial charge is 0.481 e. The van der Waals surface area contributed by atoms with Crippen LogP contribution in [0, 0.1) is 5.92 Å². The van der Waals surface area contributed by atoms with Crippen LogP contribution in [0.4, 0.5) is 0 Å². The van der Waals surface area contributed by atoms with Crippen molar-refractivity contribution >= 4 is 5.91 Å². The van der Waals surface area contributed by atoms with E-state index in [0.717, 1.165) is 31.6 Å². The fourth-order valence-electron chi connectivity index (χ4n) is 3.79. The van der Waals surface area contributed by atoms with E-state index in [9.17, 15) is 4.79 Å². The Bertz CT molecular complexity index is 583. The lowest BCUT2D eigenvalue weighted by atomic mass is 9.89. The van der Waals surface area contributed by atoms with Gasteiger partial charge in [0.05, 0.1) is 25.7 Å². The van der Waals surface area contributed by atoms with Gasteiger partial charge < -0.3 is 19.5 Å². The Labute approximate surface area is 148 Å². The zero-order valence-corrected chi connectivity index (χ0v) is 14.9. The van der Waals surface area contributed by atoms with Crippen LogP contribution in [0.25, 0.3) is 0 Å². The zero-order chi connectivity index (χ0) is 17.6. The van der Waals surface area contributed by atoms with Gasteiger partial charge in [-0.3, -0.25) is 9.69 Å². The highest BCUT2D eigenvalue weighted by Gasteiger charge is 2.42. The van der Waals surface area contributed by atoms with Gasteiger partial charge in [0.2, 0.25) is 11.8 Å². The lowest BCUT2D eigenvalue weighted by molar-refractivity contribution is -0.130. The number of aromatic nitrogens is 1. The van der Waals surface area contributed by atoms with Crippen molar-refractivity contribution in [2.45, 2.75) is 31.5 Å². The molecule has 2 aliphatic rings. The molecular weight excluding hydrogens is 322 g/mol. The van der Waals surface area contributed by atoms with Crippen LogP contribution in [0.15, 0.2) is 18.3 Å². The van der Waals surface area contributed by atoms with Crippen molar-refractivity contribution in [1.82, 2.24) is 15.2 Å². The number of amides is 1. The average Bonchev–Trinajstić information content (AvgIpc) is 3.11. The molecule has 2 fully saturated rings. The van der Waals surface area contributed by atoms with E-state index in [0.29, 0.717) is 31.6 Å². The number of nitrogens with one attached hydrogen (secondary N) is 1. The highest BCUT2D eigenvalue weighted by Crippen LogP contribution is 2.33. The molecule has 0 unspecified atom stereocenters. The van der Waals surface area contributed by atoms with Crippen LogP contribution in [0.1, 0.15) is 18.4 Å². The van der Waals surface area contributed by atoms with Crippen molar-refractivity contribution in [3.63, 3.8) is 0 Å². The van der Waals surface area contributed by atoms with Gasteiger partial charge in [0, 0.05) is 51.2 Å². The third-order valence-electron chi connectivity index (χ3n) is 5.01. The Hall–Kier alpha value is -1.70. The molecule has 0 spiro atoms. The highest BCUT2D eigenvalue weighted by atomic mass is 16.5. The van der Waals surface area contributed by atoms with Crippen LogP contribution in [-0.4, -0.2) is 68.5 Å². The molecule has 3 atom stereocenters. The number of hydrogen-bond acceptors (Lipinski definition) is 6. The van der Waals surface area contributed by atoms with E-state index in [1.54, 1.807) is 20.4 Å². The van der Waals surface area contributed by atoms with E-state index < -0.39 is 0 Å². The van der Waals surface area contributed by atoms with Crippen molar-refractivity contribution in [2.24, 2.45) is 5.92 Å². The molecule has 2 aliphatic heterocycles. The van der Waals surface area contributed by atoms with Gasteiger partial charge in [0.25, 0.3) is 0 Å². The number of carbonyl (C=O) groups is 1. The number of rotatable bonds is 7. The number of piperidine rings is 1. The van der Waals surface area contributed by atoms with E-state index in [2.05, 4.69) is 15.2 Å². The van der Waals surface area contributed by atoms with E-state index in [-0.39, 0.29) is 17.9 Å². The molecule has 0 aromatic carbocycles. The van der Waals surface area contributed by atoms with Crippen LogP contribution in [-0.2, 0) is 20.8 Å². The summed E-state index contributed by atoms with van der Waals surface area (Å²) in [5, 5.41) is 2.96. The third-order valence-corrected chi connectivity index (χ3v) is 5.01. The van der Waals surface area contributed by atoms with Crippen molar-refractivity contribution in [3.8, 4) is 5.88 Å². The first-order valence-electron chi connectivity index (χ1n) is 8.83. The van der Waals surface area contributed by atoms with Gasteiger partial charge >= 0.3 is 0 Å². The van der Waals surface area contributed by atoms with E-state index in [4.69, 9.17) is 14.2 Å². The minimum atomic E-state index is -0.0705. The number of pyridine rings is 1. The van der Waals surface area contributed by atoms with Crippen LogP contribution >= 0.6 is 0 Å². The topological polar surface area (TPSA) is 72.9 Å². The summed E-state index contributed by atoms with van der Waals surface area (Å²) < 4.78 is 16.3. The van der Waals surface area contributed by atoms with Gasteiger partial charge in [-0.25, -0.2) is 4.98 Å². The number of ether oxygens (including phenoxy) is 3. The monoisotopic (exact) mass is 349 g/mol. The molecule has 1 aromatic heterocycles. The van der Waals surface area contributed by atoms with Crippen LogP contribution in [0.3, 0.4) is 0 Å². The molecule has 7 heteroatoms. The molecule has 0 bridgehead atoms. The first-order chi connectivity index (χ1) is 12.2. The molecule has 3 rings (SSSR count). The maximum atomic E-state index is 12.5. The quantitative estimate of drug-likeness (QED) is 0.735. The van der Waals surface area contributed by atoms with Gasteiger partial charge in [-0.05, 0) is 18.9 Å². The minimum absolute atomic E-state index is 0.0705. The zero-order valence-electron chi connectivity index (χ0n) is 14.9. The Morgan fingerprint density at radius 2 is 2.36 bits per heavy atom. The highest BCUT2D eigenvalue weighted by molar-refractivity contribution is 5.79. The second kappa shape index (κ2) is 8.60. The number of methoxy groups -OCH3 is 2. The summed E-state index contributed by atoms with van der Waals surface area (Å²) in [6.45, 7) is 3.26. The Morgan fingerprint density at radius 3 is 3.16 bits per heavy atom.